The molecule has 2 aliphatic rings. The summed E-state index contributed by atoms with van der Waals surface area (Å²) < 4.78 is 0. The normalized spacial score (nSPS) is 20.0. The second-order valence-electron chi connectivity index (χ2n) is 7.32. The number of hydrogen-bond acceptors (Lipinski definition) is 5. The summed E-state index contributed by atoms with van der Waals surface area (Å²) in [6.07, 6.45) is 1.13. The Labute approximate surface area is 173 Å². The maximum absolute atomic E-state index is 12.6. The molecule has 2 amide bonds. The van der Waals surface area contributed by atoms with Crippen LogP contribution in [0.4, 0.5) is 0 Å². The summed E-state index contributed by atoms with van der Waals surface area (Å²) >= 11 is 1.66. The lowest BCUT2D eigenvalue weighted by Gasteiger charge is -2.11. The van der Waals surface area contributed by atoms with E-state index in [1.807, 2.05) is 56.3 Å². The lowest BCUT2D eigenvalue weighted by atomic mass is 9.96. The standard InChI is InChI=1S/C22H22N4O2S/c1-12-4-5-17(21(28)24-22-23-19-11-20(19)29-22)10-18(12)16-8-6-15(7-9-16)13(2)25-26-14(3)27/h4-10,19-20H,11H2,1-3H3,(H,26,27)(H,23,24,28)/b25-13+. The number of rotatable bonds is 4. The quantitative estimate of drug-likeness (QED) is 0.602. The van der Waals surface area contributed by atoms with E-state index in [0.717, 1.165) is 39.6 Å². The van der Waals surface area contributed by atoms with Gasteiger partial charge in [0.05, 0.1) is 11.8 Å². The molecule has 6 nitrogen and oxygen atoms in total. The smallest absolute Gasteiger partial charge is 0.257 e. The van der Waals surface area contributed by atoms with Gasteiger partial charge in [-0.1, -0.05) is 42.1 Å². The van der Waals surface area contributed by atoms with Gasteiger partial charge in [-0.15, -0.1) is 0 Å². The maximum Gasteiger partial charge on any atom is 0.257 e. The average molecular weight is 407 g/mol. The van der Waals surface area contributed by atoms with E-state index >= 15 is 0 Å². The van der Waals surface area contributed by atoms with Crippen LogP contribution in [0.3, 0.4) is 0 Å². The van der Waals surface area contributed by atoms with E-state index in [1.165, 1.54) is 6.92 Å². The zero-order valence-corrected chi connectivity index (χ0v) is 17.3. The van der Waals surface area contributed by atoms with Gasteiger partial charge in [0.1, 0.15) is 0 Å². The van der Waals surface area contributed by atoms with Crippen molar-refractivity contribution in [3.63, 3.8) is 0 Å². The van der Waals surface area contributed by atoms with Gasteiger partial charge < -0.3 is 5.32 Å². The molecule has 7 heteroatoms. The Morgan fingerprint density at radius 3 is 2.48 bits per heavy atom. The molecule has 0 radical (unpaired) electrons. The minimum absolute atomic E-state index is 0.131. The number of carbonyl (C=O) groups is 2. The third-order valence-corrected chi connectivity index (χ3v) is 6.20. The van der Waals surface area contributed by atoms with E-state index < -0.39 is 0 Å². The zero-order chi connectivity index (χ0) is 20.5. The van der Waals surface area contributed by atoms with Gasteiger partial charge in [0.15, 0.2) is 5.17 Å². The number of nitrogens with zero attached hydrogens (tertiary/aromatic N) is 2. The first-order valence-corrected chi connectivity index (χ1v) is 10.4. The molecule has 1 saturated carbocycles. The van der Waals surface area contributed by atoms with E-state index in [9.17, 15) is 9.59 Å². The number of fused-ring (bicyclic) bond motifs is 1. The average Bonchev–Trinajstić information content (AvgIpc) is 3.32. The van der Waals surface area contributed by atoms with Crippen molar-refractivity contribution in [2.24, 2.45) is 10.1 Å². The second kappa shape index (κ2) is 7.83. The first-order chi connectivity index (χ1) is 13.9. The van der Waals surface area contributed by atoms with Gasteiger partial charge in [-0.2, -0.15) is 5.10 Å². The number of hydrazone groups is 1. The van der Waals surface area contributed by atoms with Crippen molar-refractivity contribution in [2.45, 2.75) is 38.5 Å². The van der Waals surface area contributed by atoms with E-state index in [4.69, 9.17) is 0 Å². The van der Waals surface area contributed by atoms with Crippen LogP contribution in [-0.4, -0.2) is 34.0 Å². The number of benzene rings is 2. The molecule has 1 aliphatic carbocycles. The molecule has 2 unspecified atom stereocenters. The number of nitrogens with one attached hydrogen (secondary N) is 2. The Kier molecular flexibility index (Phi) is 5.24. The van der Waals surface area contributed by atoms with Crippen LogP contribution in [0.5, 0.6) is 0 Å². The summed E-state index contributed by atoms with van der Waals surface area (Å²) in [5.41, 5.74) is 7.82. The molecule has 2 atom stereocenters. The molecule has 0 aromatic heterocycles. The van der Waals surface area contributed by atoms with E-state index in [-0.39, 0.29) is 11.8 Å². The van der Waals surface area contributed by atoms with Crippen LogP contribution >= 0.6 is 11.8 Å². The topological polar surface area (TPSA) is 82.9 Å². The number of amides is 2. The lowest BCUT2D eigenvalue weighted by Crippen LogP contribution is -2.27. The van der Waals surface area contributed by atoms with Gasteiger partial charge in [0.25, 0.3) is 5.91 Å². The summed E-state index contributed by atoms with van der Waals surface area (Å²) in [5, 5.41) is 8.28. The Balaban J connectivity index is 1.52. The fourth-order valence-corrected chi connectivity index (χ4v) is 4.32. The third-order valence-electron chi connectivity index (χ3n) is 4.96. The highest BCUT2D eigenvalue weighted by Gasteiger charge is 2.44. The van der Waals surface area contributed by atoms with Crippen molar-refractivity contribution < 1.29 is 9.59 Å². The van der Waals surface area contributed by atoms with Gasteiger partial charge in [-0.05, 0) is 54.7 Å². The third kappa shape index (κ3) is 4.40. The maximum atomic E-state index is 12.6. The molecule has 0 saturated heterocycles. The van der Waals surface area contributed by atoms with Crippen LogP contribution in [-0.2, 0) is 4.79 Å². The minimum atomic E-state index is -0.203. The number of amidine groups is 1. The summed E-state index contributed by atoms with van der Waals surface area (Å²) in [4.78, 5) is 28.1. The highest BCUT2D eigenvalue weighted by molar-refractivity contribution is 8.15. The summed E-state index contributed by atoms with van der Waals surface area (Å²) in [7, 11) is 0. The molecule has 148 valence electrons. The SMILES string of the molecule is CC(=O)N/N=C(\C)c1ccc(-c2cc(C(=O)NC3=NC4CC4S3)ccc2C)cc1. The molecular formula is C22H22N4O2S. The Morgan fingerprint density at radius 2 is 1.83 bits per heavy atom. The molecule has 4 rings (SSSR count). The fourth-order valence-electron chi connectivity index (χ4n) is 3.17. The van der Waals surface area contributed by atoms with Gasteiger partial charge in [0, 0.05) is 17.7 Å². The fraction of sp³-hybridized carbons (Fsp3) is 0.273. The molecule has 2 N–H and O–H groups in total. The van der Waals surface area contributed by atoms with Crippen LogP contribution in [0.25, 0.3) is 11.1 Å². The molecule has 2 aromatic rings. The van der Waals surface area contributed by atoms with Crippen molar-refractivity contribution in [2.75, 3.05) is 0 Å². The predicted molar refractivity (Wildman–Crippen MR) is 117 cm³/mol. The van der Waals surface area contributed by atoms with Crippen LogP contribution in [0.15, 0.2) is 52.6 Å². The van der Waals surface area contributed by atoms with Gasteiger partial charge in [-0.3, -0.25) is 14.6 Å². The largest absolute Gasteiger partial charge is 0.301 e. The first-order valence-electron chi connectivity index (χ1n) is 9.49. The Morgan fingerprint density at radius 1 is 1.10 bits per heavy atom. The molecule has 29 heavy (non-hydrogen) atoms. The molecule has 1 aliphatic heterocycles. The molecule has 2 aromatic carbocycles. The van der Waals surface area contributed by atoms with Crippen molar-refractivity contribution in [1.82, 2.24) is 10.7 Å². The van der Waals surface area contributed by atoms with Crippen molar-refractivity contribution in [3.8, 4) is 11.1 Å². The molecule has 0 bridgehead atoms. The number of carbonyl (C=O) groups excluding carboxylic acids is 2. The Hall–Kier alpha value is -2.93. The molecular weight excluding hydrogens is 384 g/mol. The monoisotopic (exact) mass is 406 g/mol. The predicted octanol–water partition coefficient (Wildman–Crippen LogP) is 3.50. The van der Waals surface area contributed by atoms with Crippen LogP contribution in [0.2, 0.25) is 0 Å². The van der Waals surface area contributed by atoms with E-state index in [1.54, 1.807) is 11.8 Å². The molecule has 1 heterocycles. The van der Waals surface area contributed by atoms with E-state index in [0.29, 0.717) is 16.9 Å². The zero-order valence-electron chi connectivity index (χ0n) is 16.5. The van der Waals surface area contributed by atoms with Gasteiger partial charge in [-0.25, -0.2) is 5.43 Å². The highest BCUT2D eigenvalue weighted by atomic mass is 32.2. The molecule has 0 spiro atoms. The van der Waals surface area contributed by atoms with Crippen LogP contribution < -0.4 is 10.7 Å². The highest BCUT2D eigenvalue weighted by Crippen LogP contribution is 2.43. The van der Waals surface area contributed by atoms with E-state index in [2.05, 4.69) is 20.8 Å². The van der Waals surface area contributed by atoms with Gasteiger partial charge in [0.2, 0.25) is 5.91 Å². The Bertz CT molecular complexity index is 1040. The minimum Gasteiger partial charge on any atom is -0.301 e. The lowest BCUT2D eigenvalue weighted by molar-refractivity contribution is -0.118. The first kappa shape index (κ1) is 19.4. The second-order valence-corrected chi connectivity index (χ2v) is 8.55. The van der Waals surface area contributed by atoms with Crippen molar-refractivity contribution in [1.29, 1.82) is 0 Å². The van der Waals surface area contributed by atoms with Crippen LogP contribution in [0.1, 0.15) is 41.8 Å². The molecule has 1 fully saturated rings. The van der Waals surface area contributed by atoms with Crippen molar-refractivity contribution >= 4 is 34.5 Å². The van der Waals surface area contributed by atoms with Crippen molar-refractivity contribution in [3.05, 3.63) is 59.2 Å². The number of hydrogen-bond donors (Lipinski definition) is 2. The van der Waals surface area contributed by atoms with Gasteiger partial charge >= 0.3 is 0 Å². The number of aliphatic imine (C=N–C) groups is 1. The summed E-state index contributed by atoms with van der Waals surface area (Å²) in [6.45, 7) is 5.29. The number of aryl methyl sites for hydroxylation is 1. The number of thioether (sulfide) groups is 1. The summed E-state index contributed by atoms with van der Waals surface area (Å²) in [6, 6.07) is 14.0. The summed E-state index contributed by atoms with van der Waals surface area (Å²) in [5.74, 6) is -0.334. The van der Waals surface area contributed by atoms with Crippen LogP contribution in [0, 0.1) is 6.92 Å².